The fourth-order valence-electron chi connectivity index (χ4n) is 2.79. The zero-order valence-electron chi connectivity index (χ0n) is 12.1. The van der Waals surface area contributed by atoms with Gasteiger partial charge in [0.05, 0.1) is 17.9 Å². The standard InChI is InChI=1S/C16H18BrN3O/c1-10(2)20-16(21)15(17)14(9-18-20)19-13-7-11-5-3-4-6-12(11)8-13/h3-6,9-10,13,19H,7-8H2,1-2H3. The van der Waals surface area contributed by atoms with Gasteiger partial charge in [0.1, 0.15) is 4.47 Å². The average molecular weight is 348 g/mol. The van der Waals surface area contributed by atoms with Crippen LogP contribution in [-0.4, -0.2) is 15.8 Å². The zero-order valence-corrected chi connectivity index (χ0v) is 13.7. The summed E-state index contributed by atoms with van der Waals surface area (Å²) in [6, 6.07) is 8.85. The minimum absolute atomic E-state index is 0.0542. The molecule has 0 saturated heterocycles. The Morgan fingerprint density at radius 2 is 1.90 bits per heavy atom. The Morgan fingerprint density at radius 1 is 1.29 bits per heavy atom. The van der Waals surface area contributed by atoms with Crippen LogP contribution in [0.4, 0.5) is 5.69 Å². The van der Waals surface area contributed by atoms with E-state index in [0.717, 1.165) is 18.5 Å². The predicted molar refractivity (Wildman–Crippen MR) is 87.8 cm³/mol. The Labute approximate surface area is 132 Å². The van der Waals surface area contributed by atoms with Gasteiger partial charge in [0.15, 0.2) is 0 Å². The maximum Gasteiger partial charge on any atom is 0.283 e. The van der Waals surface area contributed by atoms with Gasteiger partial charge >= 0.3 is 0 Å². The molecule has 0 spiro atoms. The summed E-state index contributed by atoms with van der Waals surface area (Å²) in [6.07, 6.45) is 3.69. The number of aromatic nitrogens is 2. The van der Waals surface area contributed by atoms with Gasteiger partial charge in [-0.25, -0.2) is 4.68 Å². The highest BCUT2D eigenvalue weighted by atomic mass is 79.9. The van der Waals surface area contributed by atoms with Crippen molar-refractivity contribution < 1.29 is 0 Å². The van der Waals surface area contributed by atoms with Gasteiger partial charge in [-0.2, -0.15) is 5.10 Å². The molecule has 4 nitrogen and oxygen atoms in total. The molecule has 3 rings (SSSR count). The van der Waals surface area contributed by atoms with E-state index in [1.807, 2.05) is 13.8 Å². The normalized spacial score (nSPS) is 14.5. The predicted octanol–water partition coefficient (Wildman–Crippen LogP) is 3.17. The first-order chi connectivity index (χ1) is 10.1. The highest BCUT2D eigenvalue weighted by Crippen LogP contribution is 2.26. The fourth-order valence-corrected chi connectivity index (χ4v) is 3.19. The van der Waals surface area contributed by atoms with Gasteiger partial charge in [0.2, 0.25) is 0 Å². The van der Waals surface area contributed by atoms with E-state index >= 15 is 0 Å². The molecule has 1 heterocycles. The van der Waals surface area contributed by atoms with E-state index in [4.69, 9.17) is 0 Å². The summed E-state index contributed by atoms with van der Waals surface area (Å²) in [5.74, 6) is 0. The summed E-state index contributed by atoms with van der Waals surface area (Å²) in [4.78, 5) is 12.2. The molecule has 2 aromatic rings. The molecule has 1 aliphatic carbocycles. The number of rotatable bonds is 3. The fraction of sp³-hybridized carbons (Fsp3) is 0.375. The number of hydrogen-bond donors (Lipinski definition) is 1. The molecule has 1 N–H and O–H groups in total. The Bertz CT molecular complexity index is 699. The SMILES string of the molecule is CC(C)n1ncc(NC2Cc3ccccc3C2)c(Br)c1=O. The third-order valence-corrected chi connectivity index (χ3v) is 4.61. The van der Waals surface area contributed by atoms with Crippen LogP contribution >= 0.6 is 15.9 Å². The van der Waals surface area contributed by atoms with Crippen LogP contribution in [0.25, 0.3) is 0 Å². The summed E-state index contributed by atoms with van der Waals surface area (Å²) in [5.41, 5.74) is 3.45. The molecule has 0 bridgehead atoms. The molecule has 0 fully saturated rings. The maximum atomic E-state index is 12.2. The summed E-state index contributed by atoms with van der Waals surface area (Å²) in [5, 5.41) is 7.68. The lowest BCUT2D eigenvalue weighted by Gasteiger charge is -2.16. The molecule has 0 atom stereocenters. The van der Waals surface area contributed by atoms with Gasteiger partial charge in [0, 0.05) is 6.04 Å². The van der Waals surface area contributed by atoms with Crippen LogP contribution in [0.3, 0.4) is 0 Å². The largest absolute Gasteiger partial charge is 0.379 e. The van der Waals surface area contributed by atoms with Crippen LogP contribution in [0, 0.1) is 0 Å². The number of nitrogens with one attached hydrogen (secondary N) is 1. The second kappa shape index (κ2) is 5.64. The molecule has 1 aromatic carbocycles. The first-order valence-electron chi connectivity index (χ1n) is 7.17. The van der Waals surface area contributed by atoms with Crippen LogP contribution in [0.1, 0.15) is 31.0 Å². The van der Waals surface area contributed by atoms with Gasteiger partial charge in [-0.3, -0.25) is 4.79 Å². The van der Waals surface area contributed by atoms with Crippen LogP contribution in [-0.2, 0) is 12.8 Å². The summed E-state index contributed by atoms with van der Waals surface area (Å²) in [6.45, 7) is 3.89. The van der Waals surface area contributed by atoms with Crippen LogP contribution in [0.2, 0.25) is 0 Å². The van der Waals surface area contributed by atoms with Crippen molar-refractivity contribution in [1.29, 1.82) is 0 Å². The van der Waals surface area contributed by atoms with Crippen molar-refractivity contribution in [3.05, 3.63) is 56.4 Å². The van der Waals surface area contributed by atoms with Crippen LogP contribution in [0.15, 0.2) is 39.7 Å². The van der Waals surface area contributed by atoms with Gasteiger partial charge in [-0.1, -0.05) is 24.3 Å². The lowest BCUT2D eigenvalue weighted by atomic mass is 10.1. The molecular formula is C16H18BrN3O. The van der Waals surface area contributed by atoms with E-state index in [-0.39, 0.29) is 11.6 Å². The Hall–Kier alpha value is -1.62. The van der Waals surface area contributed by atoms with E-state index in [2.05, 4.69) is 50.6 Å². The minimum atomic E-state index is -0.0921. The maximum absolute atomic E-state index is 12.2. The van der Waals surface area contributed by atoms with Crippen molar-refractivity contribution in [1.82, 2.24) is 9.78 Å². The highest BCUT2D eigenvalue weighted by molar-refractivity contribution is 9.10. The van der Waals surface area contributed by atoms with E-state index in [9.17, 15) is 4.79 Å². The molecule has 1 aromatic heterocycles. The van der Waals surface area contributed by atoms with Gasteiger partial charge in [-0.05, 0) is 53.7 Å². The van der Waals surface area contributed by atoms with Crippen molar-refractivity contribution in [3.8, 4) is 0 Å². The lowest BCUT2D eigenvalue weighted by Crippen LogP contribution is -2.28. The number of nitrogens with zero attached hydrogens (tertiary/aromatic N) is 2. The molecule has 21 heavy (non-hydrogen) atoms. The topological polar surface area (TPSA) is 46.9 Å². The minimum Gasteiger partial charge on any atom is -0.379 e. The zero-order chi connectivity index (χ0) is 15.0. The summed E-state index contributed by atoms with van der Waals surface area (Å²) in [7, 11) is 0. The molecule has 0 unspecified atom stereocenters. The smallest absolute Gasteiger partial charge is 0.283 e. The van der Waals surface area contributed by atoms with Crippen molar-refractivity contribution >= 4 is 21.6 Å². The number of halogens is 1. The number of anilines is 1. The summed E-state index contributed by atoms with van der Waals surface area (Å²) >= 11 is 3.41. The van der Waals surface area contributed by atoms with Crippen LogP contribution in [0.5, 0.6) is 0 Å². The molecular weight excluding hydrogens is 330 g/mol. The molecule has 110 valence electrons. The monoisotopic (exact) mass is 347 g/mol. The molecule has 5 heteroatoms. The van der Waals surface area contributed by atoms with Crippen LogP contribution < -0.4 is 10.9 Å². The first-order valence-corrected chi connectivity index (χ1v) is 7.96. The Kier molecular flexibility index (Phi) is 3.85. The Morgan fingerprint density at radius 3 is 2.48 bits per heavy atom. The van der Waals surface area contributed by atoms with Crippen molar-refractivity contribution in [2.45, 2.75) is 38.8 Å². The third kappa shape index (κ3) is 2.75. The second-order valence-corrected chi connectivity index (χ2v) is 6.53. The van der Waals surface area contributed by atoms with E-state index in [1.165, 1.54) is 15.8 Å². The number of fused-ring (bicyclic) bond motifs is 1. The van der Waals surface area contributed by atoms with Crippen molar-refractivity contribution in [3.63, 3.8) is 0 Å². The van der Waals surface area contributed by atoms with Gasteiger partial charge in [-0.15, -0.1) is 0 Å². The third-order valence-electron chi connectivity index (χ3n) is 3.84. The van der Waals surface area contributed by atoms with Gasteiger partial charge in [0.25, 0.3) is 5.56 Å². The first kappa shape index (κ1) is 14.3. The summed E-state index contributed by atoms with van der Waals surface area (Å²) < 4.78 is 2.04. The molecule has 1 aliphatic rings. The second-order valence-electron chi connectivity index (χ2n) is 5.73. The molecule has 0 radical (unpaired) electrons. The quantitative estimate of drug-likeness (QED) is 0.927. The highest BCUT2D eigenvalue weighted by Gasteiger charge is 2.22. The van der Waals surface area contributed by atoms with E-state index < -0.39 is 0 Å². The molecule has 0 amide bonds. The van der Waals surface area contributed by atoms with Crippen molar-refractivity contribution in [2.24, 2.45) is 0 Å². The van der Waals surface area contributed by atoms with E-state index in [1.54, 1.807) is 6.20 Å². The van der Waals surface area contributed by atoms with Gasteiger partial charge < -0.3 is 5.32 Å². The number of hydrogen-bond acceptors (Lipinski definition) is 3. The number of benzene rings is 1. The average Bonchev–Trinajstić information content (AvgIpc) is 2.86. The Balaban J connectivity index is 1.81. The lowest BCUT2D eigenvalue weighted by molar-refractivity contribution is 0.500. The molecule has 0 saturated carbocycles. The van der Waals surface area contributed by atoms with E-state index in [0.29, 0.717) is 10.5 Å². The van der Waals surface area contributed by atoms with Crippen molar-refractivity contribution in [2.75, 3.05) is 5.32 Å². The molecule has 0 aliphatic heterocycles.